The molecule has 0 aromatic rings. The van der Waals surface area contributed by atoms with Crippen molar-refractivity contribution < 1.29 is 4.74 Å². The Balaban J connectivity index is 1.64. The van der Waals surface area contributed by atoms with E-state index in [-0.39, 0.29) is 0 Å². The standard InChI is InChI=1S/C14H26N2O/c1-2-16(13-4-8-15-11-13)12-5-9-17-14(10-12)6-3-7-14/h12-13,15H,2-11H2,1H3. The SMILES string of the molecule is CCN(C1CCNC1)C1CCOC2(CCC2)C1. The Labute approximate surface area is 105 Å². The van der Waals surface area contributed by atoms with Crippen LogP contribution >= 0.6 is 0 Å². The van der Waals surface area contributed by atoms with E-state index in [1.54, 1.807) is 0 Å². The summed E-state index contributed by atoms with van der Waals surface area (Å²) in [6.45, 7) is 6.91. The van der Waals surface area contributed by atoms with E-state index in [2.05, 4.69) is 17.1 Å². The minimum atomic E-state index is 0.294. The first-order valence-corrected chi connectivity index (χ1v) is 7.43. The molecule has 3 heteroatoms. The summed E-state index contributed by atoms with van der Waals surface area (Å²) in [7, 11) is 0. The van der Waals surface area contributed by atoms with Crippen LogP contribution in [0.15, 0.2) is 0 Å². The molecular formula is C14H26N2O. The minimum absolute atomic E-state index is 0.294. The average Bonchev–Trinajstić information content (AvgIpc) is 2.82. The Kier molecular flexibility index (Phi) is 3.42. The van der Waals surface area contributed by atoms with E-state index < -0.39 is 0 Å². The zero-order chi connectivity index (χ0) is 11.7. The van der Waals surface area contributed by atoms with Crippen molar-refractivity contribution in [2.45, 2.75) is 63.1 Å². The number of hydrogen-bond donors (Lipinski definition) is 1. The predicted molar refractivity (Wildman–Crippen MR) is 69.2 cm³/mol. The highest BCUT2D eigenvalue weighted by molar-refractivity contribution is 4.98. The second kappa shape index (κ2) is 4.87. The van der Waals surface area contributed by atoms with Gasteiger partial charge in [-0.1, -0.05) is 6.92 Å². The van der Waals surface area contributed by atoms with Gasteiger partial charge in [0.05, 0.1) is 5.60 Å². The molecule has 0 radical (unpaired) electrons. The van der Waals surface area contributed by atoms with Gasteiger partial charge in [0.1, 0.15) is 0 Å². The van der Waals surface area contributed by atoms with Crippen LogP contribution in [-0.4, -0.2) is 48.8 Å². The fourth-order valence-electron chi connectivity index (χ4n) is 3.94. The van der Waals surface area contributed by atoms with Gasteiger partial charge in [-0.2, -0.15) is 0 Å². The number of hydrogen-bond acceptors (Lipinski definition) is 3. The molecule has 0 aromatic carbocycles. The molecule has 0 bridgehead atoms. The Bertz CT molecular complexity index is 259. The molecular weight excluding hydrogens is 212 g/mol. The van der Waals surface area contributed by atoms with Crippen molar-refractivity contribution in [3.8, 4) is 0 Å². The van der Waals surface area contributed by atoms with Gasteiger partial charge < -0.3 is 10.1 Å². The lowest BCUT2D eigenvalue weighted by Crippen LogP contribution is -2.54. The van der Waals surface area contributed by atoms with E-state index in [9.17, 15) is 0 Å². The van der Waals surface area contributed by atoms with E-state index in [1.165, 1.54) is 58.2 Å². The van der Waals surface area contributed by atoms with Crippen molar-refractivity contribution in [2.75, 3.05) is 26.2 Å². The van der Waals surface area contributed by atoms with E-state index in [0.29, 0.717) is 5.60 Å². The summed E-state index contributed by atoms with van der Waals surface area (Å²) in [6, 6.07) is 1.55. The van der Waals surface area contributed by atoms with Gasteiger partial charge in [-0.15, -0.1) is 0 Å². The lowest BCUT2D eigenvalue weighted by molar-refractivity contribution is -0.151. The highest BCUT2D eigenvalue weighted by Crippen LogP contribution is 2.43. The van der Waals surface area contributed by atoms with Crippen LogP contribution in [0, 0.1) is 0 Å². The molecule has 98 valence electrons. The molecule has 17 heavy (non-hydrogen) atoms. The maximum Gasteiger partial charge on any atom is 0.0697 e. The molecule has 2 heterocycles. The first-order chi connectivity index (χ1) is 8.33. The summed E-state index contributed by atoms with van der Waals surface area (Å²) >= 11 is 0. The zero-order valence-electron chi connectivity index (χ0n) is 11.1. The van der Waals surface area contributed by atoms with Crippen LogP contribution in [0.1, 0.15) is 45.4 Å². The molecule has 1 saturated carbocycles. The molecule has 1 aliphatic carbocycles. The second-order valence-corrected chi connectivity index (χ2v) is 6.01. The van der Waals surface area contributed by atoms with Crippen LogP contribution in [0.25, 0.3) is 0 Å². The van der Waals surface area contributed by atoms with Gasteiger partial charge in [-0.3, -0.25) is 4.90 Å². The molecule has 2 unspecified atom stereocenters. The molecule has 3 fully saturated rings. The van der Waals surface area contributed by atoms with Gasteiger partial charge in [0, 0.05) is 25.2 Å². The van der Waals surface area contributed by atoms with Crippen molar-refractivity contribution in [3.05, 3.63) is 0 Å². The normalized spacial score (nSPS) is 36.4. The minimum Gasteiger partial charge on any atom is -0.375 e. The quantitative estimate of drug-likeness (QED) is 0.811. The summed E-state index contributed by atoms with van der Waals surface area (Å²) in [4.78, 5) is 2.75. The molecule has 3 rings (SSSR count). The molecule has 2 atom stereocenters. The third-order valence-electron chi connectivity index (χ3n) is 5.07. The first-order valence-electron chi connectivity index (χ1n) is 7.43. The van der Waals surface area contributed by atoms with Gasteiger partial charge in [0.2, 0.25) is 0 Å². The molecule has 2 saturated heterocycles. The van der Waals surface area contributed by atoms with E-state index in [4.69, 9.17) is 4.74 Å². The fourth-order valence-corrected chi connectivity index (χ4v) is 3.94. The average molecular weight is 238 g/mol. The Morgan fingerprint density at radius 3 is 2.76 bits per heavy atom. The van der Waals surface area contributed by atoms with Gasteiger partial charge in [-0.05, 0) is 51.6 Å². The lowest BCUT2D eigenvalue weighted by Gasteiger charge is -2.50. The molecule has 0 aromatic heterocycles. The first kappa shape index (κ1) is 11.9. The molecule has 0 amide bonds. The van der Waals surface area contributed by atoms with Gasteiger partial charge in [-0.25, -0.2) is 0 Å². The van der Waals surface area contributed by atoms with E-state index in [0.717, 1.165) is 18.7 Å². The van der Waals surface area contributed by atoms with Gasteiger partial charge in [0.15, 0.2) is 0 Å². The summed E-state index contributed by atoms with van der Waals surface area (Å²) in [5.74, 6) is 0. The van der Waals surface area contributed by atoms with Crippen LogP contribution in [0.3, 0.4) is 0 Å². The Hall–Kier alpha value is -0.120. The number of likely N-dealkylation sites (N-methyl/N-ethyl adjacent to an activating group) is 1. The molecule has 1 N–H and O–H groups in total. The smallest absolute Gasteiger partial charge is 0.0697 e. The Morgan fingerprint density at radius 1 is 1.29 bits per heavy atom. The van der Waals surface area contributed by atoms with Gasteiger partial charge >= 0.3 is 0 Å². The summed E-state index contributed by atoms with van der Waals surface area (Å²) in [6.07, 6.45) is 7.86. The highest BCUT2D eigenvalue weighted by atomic mass is 16.5. The van der Waals surface area contributed by atoms with Crippen molar-refractivity contribution in [3.63, 3.8) is 0 Å². The largest absolute Gasteiger partial charge is 0.375 e. The number of ether oxygens (including phenoxy) is 1. The third-order valence-corrected chi connectivity index (χ3v) is 5.07. The fraction of sp³-hybridized carbons (Fsp3) is 1.00. The summed E-state index contributed by atoms with van der Waals surface area (Å²) in [5, 5.41) is 3.50. The van der Waals surface area contributed by atoms with Crippen LogP contribution in [0.2, 0.25) is 0 Å². The zero-order valence-corrected chi connectivity index (χ0v) is 11.1. The Morgan fingerprint density at radius 2 is 2.18 bits per heavy atom. The van der Waals surface area contributed by atoms with E-state index >= 15 is 0 Å². The van der Waals surface area contributed by atoms with Crippen LogP contribution < -0.4 is 5.32 Å². The topological polar surface area (TPSA) is 24.5 Å². The number of rotatable bonds is 3. The number of nitrogens with one attached hydrogen (secondary N) is 1. The van der Waals surface area contributed by atoms with Gasteiger partial charge in [0.25, 0.3) is 0 Å². The van der Waals surface area contributed by atoms with E-state index in [1.807, 2.05) is 0 Å². The summed E-state index contributed by atoms with van der Waals surface area (Å²) in [5.41, 5.74) is 0.294. The maximum absolute atomic E-state index is 6.05. The second-order valence-electron chi connectivity index (χ2n) is 6.01. The van der Waals surface area contributed by atoms with Crippen molar-refractivity contribution in [1.29, 1.82) is 0 Å². The maximum atomic E-state index is 6.05. The number of nitrogens with zero attached hydrogens (tertiary/aromatic N) is 1. The highest BCUT2D eigenvalue weighted by Gasteiger charge is 2.44. The predicted octanol–water partition coefficient (Wildman–Crippen LogP) is 1.77. The van der Waals surface area contributed by atoms with Crippen LogP contribution in [0.5, 0.6) is 0 Å². The molecule has 2 aliphatic heterocycles. The van der Waals surface area contributed by atoms with Crippen LogP contribution in [-0.2, 0) is 4.74 Å². The monoisotopic (exact) mass is 238 g/mol. The third kappa shape index (κ3) is 2.25. The molecule has 3 aliphatic rings. The summed E-state index contributed by atoms with van der Waals surface area (Å²) < 4.78 is 6.05. The lowest BCUT2D eigenvalue weighted by atomic mass is 9.73. The van der Waals surface area contributed by atoms with Crippen LogP contribution in [0.4, 0.5) is 0 Å². The van der Waals surface area contributed by atoms with Crippen molar-refractivity contribution >= 4 is 0 Å². The van der Waals surface area contributed by atoms with Crippen molar-refractivity contribution in [1.82, 2.24) is 10.2 Å². The molecule has 3 nitrogen and oxygen atoms in total. The van der Waals surface area contributed by atoms with Crippen molar-refractivity contribution in [2.24, 2.45) is 0 Å². The molecule has 1 spiro atoms.